The molecule has 2 unspecified atom stereocenters. The zero-order chi connectivity index (χ0) is 37.4. The van der Waals surface area contributed by atoms with Crippen LogP contribution in [-0.2, 0) is 28.5 Å². The topological polar surface area (TPSA) is 393 Å². The molecule has 1 saturated carbocycles. The van der Waals surface area contributed by atoms with E-state index in [0.29, 0.717) is 0 Å². The van der Waals surface area contributed by atoms with Crippen molar-refractivity contribution in [3.8, 4) is 0 Å². The number of ether oxygens (including phenoxy) is 5. The molecule has 3 aliphatic heterocycles. The third kappa shape index (κ3) is 8.23. The highest BCUT2D eigenvalue weighted by atomic mass is 19.1. The van der Waals surface area contributed by atoms with Crippen molar-refractivity contribution in [1.82, 2.24) is 5.32 Å². The van der Waals surface area contributed by atoms with Crippen LogP contribution >= 0.6 is 0 Å². The molecule has 3 saturated heterocycles. The lowest BCUT2D eigenvalue weighted by Crippen LogP contribution is -2.74. The first-order valence-electron chi connectivity index (χ1n) is 16.5. The second-order valence-electron chi connectivity index (χ2n) is 13.5. The zero-order valence-corrected chi connectivity index (χ0v) is 27.4. The van der Waals surface area contributed by atoms with Gasteiger partial charge in [-0.25, -0.2) is 4.39 Å². The molecule has 1 amide bonds. The van der Waals surface area contributed by atoms with Crippen LogP contribution in [0, 0.1) is 5.92 Å². The number of halogens is 1. The molecule has 4 fully saturated rings. The van der Waals surface area contributed by atoms with Crippen molar-refractivity contribution in [2.75, 3.05) is 19.7 Å². The molecule has 21 nitrogen and oxygen atoms in total. The Morgan fingerprint density at radius 1 is 0.880 bits per heavy atom. The number of rotatable bonds is 12. The van der Waals surface area contributed by atoms with Gasteiger partial charge in [0.1, 0.15) is 48.9 Å². The molecular weight excluding hydrogens is 677 g/mol. The van der Waals surface area contributed by atoms with Crippen molar-refractivity contribution in [3.05, 3.63) is 0 Å². The lowest BCUT2D eigenvalue weighted by molar-refractivity contribution is -0.281. The average Bonchev–Trinajstić information content (AvgIpc) is 3.38. The summed E-state index contributed by atoms with van der Waals surface area (Å²) in [7, 11) is 0. The van der Waals surface area contributed by atoms with E-state index in [-0.39, 0.29) is 13.0 Å². The van der Waals surface area contributed by atoms with Gasteiger partial charge in [0.05, 0.1) is 49.2 Å². The molecule has 0 spiro atoms. The first kappa shape index (κ1) is 41.4. The molecule has 0 aromatic heterocycles. The van der Waals surface area contributed by atoms with Crippen LogP contribution in [0.1, 0.15) is 13.3 Å². The van der Waals surface area contributed by atoms with E-state index in [0.717, 1.165) is 0 Å². The van der Waals surface area contributed by atoms with Gasteiger partial charge in [0, 0.05) is 37.1 Å². The standard InChI is InChI=1S/C28H54FN7O14/c1-6(32)22-9(38)2-8(33)23(48-22)12-13(34)18(41)15(36-26(45)16(39)7(29)3-30)20(43)25(12)50-28-21(44)24(11(5-37)47-28)49-27-14(35)19(42)17(40)10(4-31)46-27/h6-25,27-28,37-44H,2-5,30-35H2,1H3,(H,36,45)/t6-,7+,8+,9-,10-,11?,12?,13+,14+,15+,16-,17+,18-,19+,20-,21+,22+,23-,24+,25-,27+,28-/m0/s1. The van der Waals surface area contributed by atoms with E-state index in [1.165, 1.54) is 0 Å². The predicted molar refractivity (Wildman–Crippen MR) is 165 cm³/mol. The van der Waals surface area contributed by atoms with Gasteiger partial charge in [0.2, 0.25) is 0 Å². The molecule has 0 radical (unpaired) electrons. The van der Waals surface area contributed by atoms with E-state index in [1.807, 2.05) is 0 Å². The van der Waals surface area contributed by atoms with Gasteiger partial charge in [0.15, 0.2) is 18.7 Å². The lowest BCUT2D eigenvalue weighted by atomic mass is 9.70. The van der Waals surface area contributed by atoms with Crippen LogP contribution in [0.4, 0.5) is 4.39 Å². The monoisotopic (exact) mass is 731 g/mol. The third-order valence-corrected chi connectivity index (χ3v) is 10.00. The SMILES string of the molecule is C[C@H](N)[C@H]1O[C@H](C2[C@@H](N)[C@H](O)[C@@H](NC(=O)[C@@H](O)[C@H](F)CN)[C@H](O)[C@H]2O[C@@H]2OC(CO)[C@@H](O[C@H]3O[C@@H](CN)[C@@H](O)[C@H](O)[C@H]3N)[C@H]2O)[C@H](N)C[C@@H]1O. The minimum atomic E-state index is -2.27. The number of alkyl halides is 1. The van der Waals surface area contributed by atoms with Crippen molar-refractivity contribution in [1.29, 1.82) is 0 Å². The molecule has 1 aliphatic carbocycles. The van der Waals surface area contributed by atoms with Gasteiger partial charge in [-0.15, -0.1) is 0 Å². The van der Waals surface area contributed by atoms with Gasteiger partial charge < -0.3 is 104 Å². The van der Waals surface area contributed by atoms with Gasteiger partial charge in [-0.05, 0) is 13.3 Å². The fourth-order valence-electron chi connectivity index (χ4n) is 7.09. The van der Waals surface area contributed by atoms with Gasteiger partial charge in [-0.3, -0.25) is 4.79 Å². The van der Waals surface area contributed by atoms with Gasteiger partial charge in [0.25, 0.3) is 5.91 Å². The Morgan fingerprint density at radius 3 is 2.08 bits per heavy atom. The maximum atomic E-state index is 14.1. The minimum Gasteiger partial charge on any atom is -0.394 e. The summed E-state index contributed by atoms with van der Waals surface area (Å²) in [5.41, 5.74) is 35.8. The maximum Gasteiger partial charge on any atom is 0.252 e. The quantitative estimate of drug-likeness (QED) is 0.0885. The highest BCUT2D eigenvalue weighted by Gasteiger charge is 2.58. The first-order valence-corrected chi connectivity index (χ1v) is 16.5. The number of carbonyl (C=O) groups excluding carboxylic acids is 1. The number of hydrogen-bond acceptors (Lipinski definition) is 20. The van der Waals surface area contributed by atoms with Gasteiger partial charge in [-0.1, -0.05) is 0 Å². The summed E-state index contributed by atoms with van der Waals surface area (Å²) in [4.78, 5) is 12.7. The van der Waals surface area contributed by atoms with Crippen LogP contribution in [-0.4, -0.2) is 195 Å². The van der Waals surface area contributed by atoms with E-state index >= 15 is 0 Å². The van der Waals surface area contributed by atoms with Crippen molar-refractivity contribution >= 4 is 5.91 Å². The number of aliphatic hydroxyl groups excluding tert-OH is 8. The second-order valence-corrected chi connectivity index (χ2v) is 13.5. The smallest absolute Gasteiger partial charge is 0.252 e. The Hall–Kier alpha value is -1.36. The van der Waals surface area contributed by atoms with Crippen LogP contribution < -0.4 is 39.7 Å². The predicted octanol–water partition coefficient (Wildman–Crippen LogP) is -9.42. The van der Waals surface area contributed by atoms with Crippen molar-refractivity contribution in [2.45, 2.75) is 142 Å². The molecule has 0 aromatic carbocycles. The number of carbonyl (C=O) groups is 1. The fourth-order valence-corrected chi connectivity index (χ4v) is 7.09. The summed E-state index contributed by atoms with van der Waals surface area (Å²) in [5.74, 6) is -2.60. The average molecular weight is 732 g/mol. The number of hydrogen-bond donors (Lipinski definition) is 15. The Bertz CT molecular complexity index is 1110. The molecule has 0 bridgehead atoms. The lowest BCUT2D eigenvalue weighted by Gasteiger charge is -2.52. The minimum absolute atomic E-state index is 0.0423. The highest BCUT2D eigenvalue weighted by Crippen LogP contribution is 2.39. The Balaban J connectivity index is 1.64. The molecule has 3 heterocycles. The van der Waals surface area contributed by atoms with Crippen LogP contribution in [0.25, 0.3) is 0 Å². The molecule has 292 valence electrons. The summed E-state index contributed by atoms with van der Waals surface area (Å²) < 4.78 is 43.4. The van der Waals surface area contributed by atoms with E-state index in [4.69, 9.17) is 58.1 Å². The summed E-state index contributed by atoms with van der Waals surface area (Å²) in [6.45, 7) is -0.116. The molecule has 4 rings (SSSR count). The number of nitrogens with one attached hydrogen (secondary N) is 1. The molecule has 21 N–H and O–H groups in total. The van der Waals surface area contributed by atoms with Crippen molar-refractivity contribution in [3.63, 3.8) is 0 Å². The van der Waals surface area contributed by atoms with Crippen molar-refractivity contribution < 1.29 is 73.7 Å². The van der Waals surface area contributed by atoms with Gasteiger partial charge in [-0.2, -0.15) is 0 Å². The molecule has 22 heteroatoms. The Morgan fingerprint density at radius 2 is 1.50 bits per heavy atom. The third-order valence-electron chi connectivity index (χ3n) is 10.00. The fraction of sp³-hybridized carbons (Fsp3) is 0.964. The molecule has 22 atom stereocenters. The van der Waals surface area contributed by atoms with E-state index in [9.17, 15) is 50.0 Å². The van der Waals surface area contributed by atoms with Crippen LogP contribution in [0.3, 0.4) is 0 Å². The molecule has 50 heavy (non-hydrogen) atoms. The van der Waals surface area contributed by atoms with Crippen LogP contribution in [0.2, 0.25) is 0 Å². The first-order chi connectivity index (χ1) is 23.5. The Kier molecular flexibility index (Phi) is 14.2. The molecule has 4 aliphatic rings. The highest BCUT2D eigenvalue weighted by molar-refractivity contribution is 5.81. The summed E-state index contributed by atoms with van der Waals surface area (Å²) in [5, 5.41) is 87.8. The number of nitrogens with two attached hydrogens (primary N) is 6. The zero-order valence-electron chi connectivity index (χ0n) is 27.4. The van der Waals surface area contributed by atoms with Gasteiger partial charge >= 0.3 is 0 Å². The van der Waals surface area contributed by atoms with E-state index < -0.39 is 153 Å². The summed E-state index contributed by atoms with van der Waals surface area (Å²) in [6.07, 6.45) is -24.9. The summed E-state index contributed by atoms with van der Waals surface area (Å²) in [6, 6.07) is -6.15. The van der Waals surface area contributed by atoms with E-state index in [2.05, 4.69) is 5.32 Å². The normalized spacial score (nSPS) is 48.9. The van der Waals surface area contributed by atoms with Crippen LogP contribution in [0.15, 0.2) is 0 Å². The molecular formula is C28H54FN7O14. The second kappa shape index (κ2) is 17.2. The Labute approximate surface area is 286 Å². The summed E-state index contributed by atoms with van der Waals surface area (Å²) >= 11 is 0. The number of aliphatic hydroxyl groups is 8. The maximum absolute atomic E-state index is 14.1. The van der Waals surface area contributed by atoms with E-state index in [1.54, 1.807) is 6.92 Å². The number of amides is 1. The van der Waals surface area contributed by atoms with Crippen LogP contribution in [0.5, 0.6) is 0 Å². The largest absolute Gasteiger partial charge is 0.394 e. The van der Waals surface area contributed by atoms with Crippen molar-refractivity contribution in [2.24, 2.45) is 40.3 Å². The molecule has 0 aromatic rings.